The van der Waals surface area contributed by atoms with Gasteiger partial charge in [-0.15, -0.1) is 22.7 Å². The highest BCUT2D eigenvalue weighted by Crippen LogP contribution is 2.33. The molecule has 28 heavy (non-hydrogen) atoms. The first-order valence-corrected chi connectivity index (χ1v) is 10.4. The van der Waals surface area contributed by atoms with Crippen LogP contribution >= 0.6 is 22.7 Å². The Morgan fingerprint density at radius 3 is 2.75 bits per heavy atom. The van der Waals surface area contributed by atoms with Crippen LogP contribution in [0.15, 0.2) is 47.2 Å². The molecule has 144 valence electrons. The summed E-state index contributed by atoms with van der Waals surface area (Å²) in [4.78, 5) is 31.5. The summed E-state index contributed by atoms with van der Waals surface area (Å²) in [6, 6.07) is 11.2. The van der Waals surface area contributed by atoms with Gasteiger partial charge in [-0.1, -0.05) is 18.2 Å². The van der Waals surface area contributed by atoms with Crippen LogP contribution in [0, 0.1) is 0 Å². The molecule has 3 aromatic rings. The molecule has 1 aliphatic heterocycles. The minimum atomic E-state index is -1.55. The average molecular weight is 415 g/mol. The number of thiazole rings is 1. The van der Waals surface area contributed by atoms with Crippen LogP contribution in [0.2, 0.25) is 0 Å². The number of hydrogen-bond acceptors (Lipinski definition) is 7. The van der Waals surface area contributed by atoms with Crippen LogP contribution < -0.4 is 16.0 Å². The molecule has 1 aliphatic rings. The molecule has 0 aliphatic carbocycles. The Bertz CT molecular complexity index is 1020. The molecule has 2 aromatic heterocycles. The van der Waals surface area contributed by atoms with Crippen LogP contribution in [0.25, 0.3) is 9.88 Å². The Kier molecular flexibility index (Phi) is 4.88. The highest BCUT2D eigenvalue weighted by atomic mass is 32.1. The number of carbonyl (C=O) groups excluding carboxylic acids is 2. The van der Waals surface area contributed by atoms with Crippen molar-refractivity contribution in [2.24, 2.45) is 5.73 Å². The minimum Gasteiger partial charge on any atom is -0.378 e. The van der Waals surface area contributed by atoms with Crippen LogP contribution in [-0.2, 0) is 4.79 Å². The summed E-state index contributed by atoms with van der Waals surface area (Å²) in [5.74, 6) is -1.05. The highest BCUT2D eigenvalue weighted by Gasteiger charge is 2.41. The number of rotatable bonds is 5. The van der Waals surface area contributed by atoms with E-state index in [0.29, 0.717) is 17.9 Å². The number of nitrogens with two attached hydrogens (primary N) is 1. The number of benzene rings is 1. The van der Waals surface area contributed by atoms with Crippen molar-refractivity contribution in [3.05, 3.63) is 52.9 Å². The summed E-state index contributed by atoms with van der Waals surface area (Å²) in [5.41, 5.74) is 5.42. The lowest BCUT2D eigenvalue weighted by Gasteiger charge is -2.24. The van der Waals surface area contributed by atoms with Crippen LogP contribution in [0.1, 0.15) is 16.9 Å². The van der Waals surface area contributed by atoms with Crippen molar-refractivity contribution < 1.29 is 14.7 Å². The molecule has 1 saturated heterocycles. The van der Waals surface area contributed by atoms with Crippen LogP contribution in [0.4, 0.5) is 11.4 Å². The third kappa shape index (κ3) is 3.51. The van der Waals surface area contributed by atoms with E-state index in [1.54, 1.807) is 22.8 Å². The second-order valence-electron chi connectivity index (χ2n) is 6.55. The fourth-order valence-electron chi connectivity index (χ4n) is 3.13. The van der Waals surface area contributed by atoms with Crippen molar-refractivity contribution >= 4 is 45.9 Å². The van der Waals surface area contributed by atoms with Gasteiger partial charge in [-0.05, 0) is 23.6 Å². The smallest absolute Gasteiger partial charge is 0.275 e. The molecule has 0 spiro atoms. The zero-order chi connectivity index (χ0) is 19.7. The lowest BCUT2D eigenvalue weighted by Crippen LogP contribution is -2.46. The fraction of sp³-hybridized carbons (Fsp3) is 0.211. The molecule has 1 aromatic carbocycles. The second kappa shape index (κ2) is 7.34. The zero-order valence-electron chi connectivity index (χ0n) is 14.8. The fourth-order valence-corrected chi connectivity index (χ4v) is 4.75. The van der Waals surface area contributed by atoms with Crippen molar-refractivity contribution in [2.45, 2.75) is 12.0 Å². The number of primary amides is 1. The number of amides is 2. The van der Waals surface area contributed by atoms with E-state index in [2.05, 4.69) is 10.3 Å². The monoisotopic (exact) mass is 414 g/mol. The van der Waals surface area contributed by atoms with Gasteiger partial charge in [-0.25, -0.2) is 4.98 Å². The van der Waals surface area contributed by atoms with Crippen molar-refractivity contribution in [2.75, 3.05) is 23.3 Å². The van der Waals surface area contributed by atoms with Gasteiger partial charge in [0.05, 0.1) is 22.8 Å². The first-order valence-electron chi connectivity index (χ1n) is 8.63. The number of para-hydroxylation sites is 2. The molecular weight excluding hydrogens is 396 g/mol. The standard InChI is InChI=1S/C19H18N4O3S2/c20-18(25)19(26)7-8-23(11-19)14-5-2-1-4-12(14)21-16(24)13-10-28-17(22-13)15-6-3-9-27-15/h1-6,9-10,26H,7-8,11H2,(H2,20,25)(H,21,24). The topological polar surface area (TPSA) is 109 Å². The maximum atomic E-state index is 12.7. The van der Waals surface area contributed by atoms with Crippen LogP contribution in [0.3, 0.4) is 0 Å². The number of carbonyl (C=O) groups is 2. The Morgan fingerprint density at radius 2 is 2.04 bits per heavy atom. The molecule has 3 heterocycles. The highest BCUT2D eigenvalue weighted by molar-refractivity contribution is 7.20. The lowest BCUT2D eigenvalue weighted by molar-refractivity contribution is -0.134. The van der Waals surface area contributed by atoms with Crippen LogP contribution in [-0.4, -0.2) is 40.6 Å². The third-order valence-electron chi connectivity index (χ3n) is 4.67. The van der Waals surface area contributed by atoms with Crippen molar-refractivity contribution in [1.82, 2.24) is 4.98 Å². The SMILES string of the molecule is NC(=O)C1(O)CCN(c2ccccc2NC(=O)c2csc(-c3cccs3)n2)C1. The number of thiophene rings is 1. The number of aliphatic hydroxyl groups is 1. The van der Waals surface area contributed by atoms with Gasteiger partial charge in [0, 0.05) is 18.3 Å². The predicted octanol–water partition coefficient (Wildman–Crippen LogP) is 2.55. The maximum Gasteiger partial charge on any atom is 0.275 e. The number of hydrogen-bond donors (Lipinski definition) is 3. The molecule has 7 nitrogen and oxygen atoms in total. The molecule has 0 radical (unpaired) electrons. The normalized spacial score (nSPS) is 19.0. The molecule has 2 amide bonds. The molecule has 0 bridgehead atoms. The quantitative estimate of drug-likeness (QED) is 0.595. The first kappa shape index (κ1) is 18.6. The number of anilines is 2. The maximum absolute atomic E-state index is 12.7. The Hall–Kier alpha value is -2.75. The van der Waals surface area contributed by atoms with E-state index >= 15 is 0 Å². The molecule has 1 unspecified atom stereocenters. The summed E-state index contributed by atoms with van der Waals surface area (Å²) < 4.78 is 0. The van der Waals surface area contributed by atoms with Crippen LogP contribution in [0.5, 0.6) is 0 Å². The number of aromatic nitrogens is 1. The van der Waals surface area contributed by atoms with Gasteiger partial charge < -0.3 is 21.1 Å². The summed E-state index contributed by atoms with van der Waals surface area (Å²) in [6.45, 7) is 0.556. The molecular formula is C19H18N4O3S2. The van der Waals surface area contributed by atoms with E-state index in [-0.39, 0.29) is 18.9 Å². The summed E-state index contributed by atoms with van der Waals surface area (Å²) in [7, 11) is 0. The van der Waals surface area contributed by atoms with Gasteiger partial charge >= 0.3 is 0 Å². The van der Waals surface area contributed by atoms with Crippen molar-refractivity contribution in [3.8, 4) is 9.88 Å². The molecule has 1 atom stereocenters. The van der Waals surface area contributed by atoms with Gasteiger partial charge in [0.15, 0.2) is 5.60 Å². The molecule has 1 fully saturated rings. The average Bonchev–Trinajstić information content (AvgIpc) is 3.43. The van der Waals surface area contributed by atoms with Gasteiger partial charge in [-0.2, -0.15) is 0 Å². The summed E-state index contributed by atoms with van der Waals surface area (Å²) in [6.07, 6.45) is 0.251. The van der Waals surface area contributed by atoms with Crippen molar-refractivity contribution in [3.63, 3.8) is 0 Å². The number of nitrogens with zero attached hydrogens (tertiary/aromatic N) is 2. The van der Waals surface area contributed by atoms with E-state index in [0.717, 1.165) is 15.6 Å². The zero-order valence-corrected chi connectivity index (χ0v) is 16.4. The Labute approximate surface area is 169 Å². The number of nitrogens with one attached hydrogen (secondary N) is 1. The van der Waals surface area contributed by atoms with E-state index in [9.17, 15) is 14.7 Å². The molecule has 4 rings (SSSR count). The van der Waals surface area contributed by atoms with E-state index in [1.165, 1.54) is 11.3 Å². The van der Waals surface area contributed by atoms with Gasteiger partial charge in [0.1, 0.15) is 10.7 Å². The van der Waals surface area contributed by atoms with E-state index in [4.69, 9.17) is 5.73 Å². The molecule has 9 heteroatoms. The second-order valence-corrected chi connectivity index (χ2v) is 8.36. The predicted molar refractivity (Wildman–Crippen MR) is 111 cm³/mol. The van der Waals surface area contributed by atoms with Gasteiger partial charge in [-0.3, -0.25) is 9.59 Å². The number of β-amino-alcohol motifs (C(OH)–C–C–N with tert-alkyl or cyclic N) is 1. The Morgan fingerprint density at radius 1 is 1.21 bits per heavy atom. The molecule has 4 N–H and O–H groups in total. The lowest BCUT2D eigenvalue weighted by atomic mass is 10.0. The summed E-state index contributed by atoms with van der Waals surface area (Å²) in [5, 5.41) is 17.7. The third-order valence-corrected chi connectivity index (χ3v) is 6.55. The van der Waals surface area contributed by atoms with E-state index < -0.39 is 11.5 Å². The van der Waals surface area contributed by atoms with Crippen molar-refractivity contribution in [1.29, 1.82) is 0 Å². The Balaban J connectivity index is 1.53. The van der Waals surface area contributed by atoms with E-state index in [1.807, 2.05) is 40.6 Å². The largest absolute Gasteiger partial charge is 0.378 e. The minimum absolute atomic E-state index is 0.0917. The summed E-state index contributed by atoms with van der Waals surface area (Å²) >= 11 is 3.00. The first-order chi connectivity index (χ1) is 13.5. The van der Waals surface area contributed by atoms with Gasteiger partial charge in [0.25, 0.3) is 11.8 Å². The molecule has 0 saturated carbocycles. The van der Waals surface area contributed by atoms with Gasteiger partial charge in [0.2, 0.25) is 0 Å².